The van der Waals surface area contributed by atoms with Gasteiger partial charge in [0.2, 0.25) is 5.91 Å². The molecule has 0 spiro atoms. The first-order chi connectivity index (χ1) is 8.75. The van der Waals surface area contributed by atoms with Gasteiger partial charge in [-0.1, -0.05) is 6.07 Å². The van der Waals surface area contributed by atoms with Crippen LogP contribution in [-0.2, 0) is 19.4 Å². The van der Waals surface area contributed by atoms with E-state index in [0.29, 0.717) is 5.69 Å². The van der Waals surface area contributed by atoms with Gasteiger partial charge in [0.05, 0.1) is 11.5 Å². The zero-order valence-corrected chi connectivity index (χ0v) is 12.0. The van der Waals surface area contributed by atoms with E-state index in [0.717, 1.165) is 11.8 Å². The van der Waals surface area contributed by atoms with Gasteiger partial charge in [-0.2, -0.15) is 0 Å². The number of hydrogen-bond donors (Lipinski definition) is 2. The van der Waals surface area contributed by atoms with Gasteiger partial charge >= 0.3 is 0 Å². The van der Waals surface area contributed by atoms with Gasteiger partial charge in [0.1, 0.15) is 6.04 Å². The molecule has 0 saturated carbocycles. The van der Waals surface area contributed by atoms with E-state index in [1.165, 1.54) is 19.2 Å². The van der Waals surface area contributed by atoms with E-state index in [2.05, 4.69) is 5.32 Å². The molecule has 1 rings (SSSR count). The van der Waals surface area contributed by atoms with E-state index in [9.17, 15) is 13.2 Å². The van der Waals surface area contributed by atoms with Crippen LogP contribution in [0.15, 0.2) is 23.1 Å². The first-order valence-electron chi connectivity index (χ1n) is 5.62. The molecule has 6 nitrogen and oxygen atoms in total. The highest BCUT2D eigenvalue weighted by atomic mass is 32.2. The van der Waals surface area contributed by atoms with Crippen molar-refractivity contribution in [3.8, 4) is 0 Å². The number of aryl methyl sites for hydroxylation is 1. The standard InChI is InChI=1S/C12H18N2O4S/c1-8-4-5-9(19(3,16)17)6-11(8)14-12(15)10(13)7-18-2/h4-6,10H,7,13H2,1-3H3,(H,14,15). The van der Waals surface area contributed by atoms with Crippen molar-refractivity contribution in [1.82, 2.24) is 0 Å². The minimum Gasteiger partial charge on any atom is -0.383 e. The van der Waals surface area contributed by atoms with Crippen LogP contribution >= 0.6 is 0 Å². The molecule has 3 N–H and O–H groups in total. The number of carbonyl (C=O) groups is 1. The van der Waals surface area contributed by atoms with Crippen LogP contribution < -0.4 is 11.1 Å². The monoisotopic (exact) mass is 286 g/mol. The van der Waals surface area contributed by atoms with Crippen LogP contribution in [0.2, 0.25) is 0 Å². The molecular weight excluding hydrogens is 268 g/mol. The topological polar surface area (TPSA) is 98.5 Å². The number of ether oxygens (including phenoxy) is 1. The number of sulfone groups is 1. The van der Waals surface area contributed by atoms with E-state index in [-0.39, 0.29) is 11.5 Å². The third-order valence-electron chi connectivity index (χ3n) is 2.58. The molecule has 0 fully saturated rings. The lowest BCUT2D eigenvalue weighted by atomic mass is 10.2. The molecule has 0 aliphatic rings. The summed E-state index contributed by atoms with van der Waals surface area (Å²) >= 11 is 0. The summed E-state index contributed by atoms with van der Waals surface area (Å²) in [5, 5.41) is 2.60. The first-order valence-corrected chi connectivity index (χ1v) is 7.51. The number of rotatable bonds is 5. The van der Waals surface area contributed by atoms with Crippen molar-refractivity contribution < 1.29 is 17.9 Å². The summed E-state index contributed by atoms with van der Waals surface area (Å²) in [5.74, 6) is -0.421. The number of amides is 1. The second-order valence-electron chi connectivity index (χ2n) is 4.30. The number of benzene rings is 1. The molecule has 0 aromatic heterocycles. The molecule has 1 atom stereocenters. The van der Waals surface area contributed by atoms with Crippen molar-refractivity contribution in [1.29, 1.82) is 0 Å². The lowest BCUT2D eigenvalue weighted by molar-refractivity contribution is -0.118. The van der Waals surface area contributed by atoms with Crippen LogP contribution in [0.1, 0.15) is 5.56 Å². The number of nitrogens with one attached hydrogen (secondary N) is 1. The van der Waals surface area contributed by atoms with E-state index in [1.807, 2.05) is 0 Å². The van der Waals surface area contributed by atoms with Crippen LogP contribution in [0.3, 0.4) is 0 Å². The molecule has 19 heavy (non-hydrogen) atoms. The Balaban J connectivity index is 2.98. The van der Waals surface area contributed by atoms with Gasteiger partial charge in [-0.3, -0.25) is 4.79 Å². The van der Waals surface area contributed by atoms with Gasteiger partial charge in [0.25, 0.3) is 0 Å². The van der Waals surface area contributed by atoms with E-state index < -0.39 is 21.8 Å². The number of methoxy groups -OCH3 is 1. The Morgan fingerprint density at radius 2 is 2.11 bits per heavy atom. The molecule has 1 aromatic carbocycles. The van der Waals surface area contributed by atoms with E-state index in [1.54, 1.807) is 13.0 Å². The molecule has 0 radical (unpaired) electrons. The first kappa shape index (κ1) is 15.6. The fourth-order valence-electron chi connectivity index (χ4n) is 1.45. The lowest BCUT2D eigenvalue weighted by Crippen LogP contribution is -2.39. The predicted octanol–water partition coefficient (Wildman–Crippen LogP) is 0.311. The average Bonchev–Trinajstić information content (AvgIpc) is 2.30. The van der Waals surface area contributed by atoms with Crippen LogP contribution in [0, 0.1) is 6.92 Å². The fourth-order valence-corrected chi connectivity index (χ4v) is 2.09. The summed E-state index contributed by atoms with van der Waals surface area (Å²) in [5.41, 5.74) is 6.78. The van der Waals surface area contributed by atoms with Gasteiger partial charge in [-0.25, -0.2) is 8.42 Å². The second kappa shape index (κ2) is 6.14. The second-order valence-corrected chi connectivity index (χ2v) is 6.32. The summed E-state index contributed by atoms with van der Waals surface area (Å²) in [6, 6.07) is 3.75. The van der Waals surface area contributed by atoms with Gasteiger partial charge in [-0.15, -0.1) is 0 Å². The fraction of sp³-hybridized carbons (Fsp3) is 0.417. The Kier molecular flexibility index (Phi) is 5.04. The van der Waals surface area contributed by atoms with Crippen molar-refractivity contribution in [2.24, 2.45) is 5.73 Å². The molecule has 0 bridgehead atoms. The molecule has 1 aromatic rings. The van der Waals surface area contributed by atoms with Crippen molar-refractivity contribution >= 4 is 21.4 Å². The normalized spacial score (nSPS) is 13.1. The molecule has 106 valence electrons. The lowest BCUT2D eigenvalue weighted by Gasteiger charge is -2.13. The van der Waals surface area contributed by atoms with E-state index in [4.69, 9.17) is 10.5 Å². The third kappa shape index (κ3) is 4.30. The zero-order valence-electron chi connectivity index (χ0n) is 11.1. The predicted molar refractivity (Wildman–Crippen MR) is 72.8 cm³/mol. The quantitative estimate of drug-likeness (QED) is 0.811. The SMILES string of the molecule is COCC(N)C(=O)Nc1cc(S(C)(=O)=O)ccc1C. The maximum atomic E-state index is 11.8. The Morgan fingerprint density at radius 1 is 1.47 bits per heavy atom. The van der Waals surface area contributed by atoms with Crippen molar-refractivity contribution in [2.75, 3.05) is 25.3 Å². The van der Waals surface area contributed by atoms with Crippen LogP contribution in [-0.4, -0.2) is 40.3 Å². The van der Waals surface area contributed by atoms with Gasteiger partial charge in [-0.05, 0) is 24.6 Å². The maximum Gasteiger partial charge on any atom is 0.243 e. The minimum absolute atomic E-state index is 0.0939. The summed E-state index contributed by atoms with van der Waals surface area (Å²) in [7, 11) is -1.87. The third-order valence-corrected chi connectivity index (χ3v) is 3.69. The number of carbonyl (C=O) groups excluding carboxylic acids is 1. The van der Waals surface area contributed by atoms with Crippen LogP contribution in [0.4, 0.5) is 5.69 Å². The molecule has 1 amide bonds. The molecule has 0 heterocycles. The molecule has 0 saturated heterocycles. The summed E-state index contributed by atoms with van der Waals surface area (Å²) in [6.45, 7) is 1.86. The Morgan fingerprint density at radius 3 is 2.63 bits per heavy atom. The summed E-state index contributed by atoms with van der Waals surface area (Å²) in [6.07, 6.45) is 1.11. The number of nitrogens with two attached hydrogens (primary N) is 1. The Labute approximate surface area is 112 Å². The maximum absolute atomic E-state index is 11.8. The van der Waals surface area contributed by atoms with Crippen molar-refractivity contribution in [3.05, 3.63) is 23.8 Å². The minimum atomic E-state index is -3.32. The molecular formula is C12H18N2O4S. The van der Waals surface area contributed by atoms with Gasteiger partial charge in [0, 0.05) is 19.1 Å². The highest BCUT2D eigenvalue weighted by Crippen LogP contribution is 2.20. The molecule has 1 unspecified atom stereocenters. The average molecular weight is 286 g/mol. The zero-order chi connectivity index (χ0) is 14.6. The number of anilines is 1. The van der Waals surface area contributed by atoms with Gasteiger partial charge < -0.3 is 15.8 Å². The van der Waals surface area contributed by atoms with Crippen LogP contribution in [0.25, 0.3) is 0 Å². The molecule has 7 heteroatoms. The van der Waals surface area contributed by atoms with E-state index >= 15 is 0 Å². The van der Waals surface area contributed by atoms with Crippen LogP contribution in [0.5, 0.6) is 0 Å². The largest absolute Gasteiger partial charge is 0.383 e. The molecule has 0 aliphatic carbocycles. The van der Waals surface area contributed by atoms with Crippen molar-refractivity contribution in [3.63, 3.8) is 0 Å². The van der Waals surface area contributed by atoms with Crippen molar-refractivity contribution in [2.45, 2.75) is 17.9 Å². The summed E-state index contributed by atoms with van der Waals surface area (Å²) in [4.78, 5) is 11.9. The number of hydrogen-bond acceptors (Lipinski definition) is 5. The highest BCUT2D eigenvalue weighted by molar-refractivity contribution is 7.90. The highest BCUT2D eigenvalue weighted by Gasteiger charge is 2.15. The van der Waals surface area contributed by atoms with Gasteiger partial charge in [0.15, 0.2) is 9.84 Å². The molecule has 0 aliphatic heterocycles. The summed E-state index contributed by atoms with van der Waals surface area (Å²) < 4.78 is 27.7. The Hall–Kier alpha value is -1.44. The Bertz CT molecular complexity index is 569. The smallest absolute Gasteiger partial charge is 0.243 e.